The quantitative estimate of drug-likeness (QED) is 0.849. The number of nitrogens with zero attached hydrogens (tertiary/aromatic N) is 3. The Morgan fingerprint density at radius 2 is 2.24 bits per heavy atom. The Balaban J connectivity index is 1.56. The van der Waals surface area contributed by atoms with Gasteiger partial charge in [0.05, 0.1) is 19.8 Å². The second-order valence-corrected chi connectivity index (χ2v) is 5.15. The van der Waals surface area contributed by atoms with Crippen LogP contribution >= 0.6 is 0 Å². The van der Waals surface area contributed by atoms with E-state index in [9.17, 15) is 4.79 Å². The highest BCUT2D eigenvalue weighted by Gasteiger charge is 2.23. The first-order valence-corrected chi connectivity index (χ1v) is 7.37. The van der Waals surface area contributed by atoms with Gasteiger partial charge in [-0.05, 0) is 18.9 Å². The highest BCUT2D eigenvalue weighted by molar-refractivity contribution is 5.80. The summed E-state index contributed by atoms with van der Waals surface area (Å²) in [5, 5.41) is 2.84. The molecule has 1 atom stereocenters. The molecule has 1 N–H and O–H groups in total. The lowest BCUT2D eigenvalue weighted by atomic mass is 10.2. The maximum atomic E-state index is 11.9. The van der Waals surface area contributed by atoms with Crippen molar-refractivity contribution in [3.8, 4) is 0 Å². The molecule has 0 aliphatic carbocycles. The minimum atomic E-state index is -0.313. The van der Waals surface area contributed by atoms with Gasteiger partial charge in [-0.2, -0.15) is 0 Å². The van der Waals surface area contributed by atoms with Crippen LogP contribution in [0, 0.1) is 0 Å². The average Bonchev–Trinajstić information content (AvgIpc) is 3.08. The molecule has 0 saturated carbocycles. The number of carbonyl (C=O) groups is 1. The van der Waals surface area contributed by atoms with Crippen molar-refractivity contribution >= 4 is 11.7 Å². The highest BCUT2D eigenvalue weighted by atomic mass is 16.5. The molecule has 2 aliphatic rings. The smallest absolute Gasteiger partial charge is 0.249 e. The summed E-state index contributed by atoms with van der Waals surface area (Å²) < 4.78 is 10.7. The van der Waals surface area contributed by atoms with Crippen LogP contribution in [0.15, 0.2) is 12.3 Å². The second kappa shape index (κ2) is 6.82. The summed E-state index contributed by atoms with van der Waals surface area (Å²) in [6.07, 6.45) is 3.15. The fourth-order valence-corrected chi connectivity index (χ4v) is 2.51. The Morgan fingerprint density at radius 3 is 3.00 bits per heavy atom. The molecule has 0 radical (unpaired) electrons. The van der Waals surface area contributed by atoms with E-state index in [0.29, 0.717) is 19.0 Å². The highest BCUT2D eigenvalue weighted by Crippen LogP contribution is 2.13. The number of aromatic nitrogens is 2. The first-order chi connectivity index (χ1) is 10.3. The molecule has 7 nitrogen and oxygen atoms in total. The lowest BCUT2D eigenvalue weighted by Crippen LogP contribution is -2.37. The first-order valence-electron chi connectivity index (χ1n) is 7.37. The van der Waals surface area contributed by atoms with Crippen molar-refractivity contribution in [2.45, 2.75) is 25.5 Å². The van der Waals surface area contributed by atoms with Crippen molar-refractivity contribution in [1.82, 2.24) is 15.3 Å². The third kappa shape index (κ3) is 3.68. The molecule has 0 spiro atoms. The van der Waals surface area contributed by atoms with Crippen molar-refractivity contribution in [1.29, 1.82) is 0 Å². The fourth-order valence-electron chi connectivity index (χ4n) is 2.51. The van der Waals surface area contributed by atoms with E-state index in [1.807, 2.05) is 6.07 Å². The van der Waals surface area contributed by atoms with Crippen molar-refractivity contribution in [3.05, 3.63) is 18.1 Å². The molecular formula is C14H20N4O3. The molecule has 2 fully saturated rings. The topological polar surface area (TPSA) is 76.6 Å². The molecule has 7 heteroatoms. The lowest BCUT2D eigenvalue weighted by molar-refractivity contribution is -0.130. The van der Waals surface area contributed by atoms with Gasteiger partial charge in [0.25, 0.3) is 0 Å². The minimum Gasteiger partial charge on any atom is -0.378 e. The van der Waals surface area contributed by atoms with Gasteiger partial charge in [0.15, 0.2) is 0 Å². The van der Waals surface area contributed by atoms with Gasteiger partial charge in [-0.25, -0.2) is 9.97 Å². The van der Waals surface area contributed by atoms with Gasteiger partial charge in [-0.1, -0.05) is 0 Å². The van der Waals surface area contributed by atoms with E-state index in [-0.39, 0.29) is 12.0 Å². The standard InChI is InChI=1S/C14H20N4O3/c19-14(11-2-1-7-21-11)16-10-12-15-4-3-13(17-12)18-5-8-20-9-6-18/h3-4,11H,1-2,5-10H2,(H,16,19). The number of anilines is 1. The SMILES string of the molecule is O=C(NCc1nccc(N2CCOCC2)n1)C1CCCO1. The summed E-state index contributed by atoms with van der Waals surface area (Å²) in [4.78, 5) is 22.8. The number of rotatable bonds is 4. The minimum absolute atomic E-state index is 0.0760. The zero-order valence-corrected chi connectivity index (χ0v) is 12.0. The summed E-state index contributed by atoms with van der Waals surface area (Å²) in [5.41, 5.74) is 0. The number of amides is 1. The van der Waals surface area contributed by atoms with Crippen LogP contribution < -0.4 is 10.2 Å². The van der Waals surface area contributed by atoms with Gasteiger partial charge < -0.3 is 19.7 Å². The van der Waals surface area contributed by atoms with Crippen LogP contribution in [-0.2, 0) is 20.8 Å². The zero-order chi connectivity index (χ0) is 14.5. The molecule has 0 bridgehead atoms. The number of morpholine rings is 1. The van der Waals surface area contributed by atoms with Gasteiger partial charge in [0.2, 0.25) is 5.91 Å². The van der Waals surface area contributed by atoms with E-state index in [0.717, 1.165) is 45.0 Å². The fraction of sp³-hybridized carbons (Fsp3) is 0.643. The van der Waals surface area contributed by atoms with Crippen molar-refractivity contribution in [3.63, 3.8) is 0 Å². The predicted octanol–water partition coefficient (Wildman–Crippen LogP) is 0.108. The van der Waals surface area contributed by atoms with E-state index in [1.165, 1.54) is 0 Å². The van der Waals surface area contributed by atoms with E-state index in [4.69, 9.17) is 9.47 Å². The summed E-state index contributed by atoms with van der Waals surface area (Å²) in [6.45, 7) is 4.10. The van der Waals surface area contributed by atoms with Crippen LogP contribution in [0.25, 0.3) is 0 Å². The second-order valence-electron chi connectivity index (χ2n) is 5.15. The van der Waals surface area contributed by atoms with E-state index >= 15 is 0 Å². The van der Waals surface area contributed by atoms with Gasteiger partial charge in [-0.15, -0.1) is 0 Å². The van der Waals surface area contributed by atoms with Crippen LogP contribution in [0.3, 0.4) is 0 Å². The first kappa shape index (κ1) is 14.2. The third-order valence-electron chi connectivity index (χ3n) is 3.67. The Labute approximate surface area is 123 Å². The van der Waals surface area contributed by atoms with Crippen molar-refractivity contribution in [2.75, 3.05) is 37.8 Å². The molecule has 1 aromatic heterocycles. The summed E-state index contributed by atoms with van der Waals surface area (Å²) in [5.74, 6) is 1.42. The molecule has 2 saturated heterocycles. The van der Waals surface area contributed by atoms with Gasteiger partial charge >= 0.3 is 0 Å². The third-order valence-corrected chi connectivity index (χ3v) is 3.67. The summed E-state index contributed by atoms with van der Waals surface area (Å²) in [7, 11) is 0. The molecule has 21 heavy (non-hydrogen) atoms. The Hall–Kier alpha value is -1.73. The summed E-state index contributed by atoms with van der Waals surface area (Å²) in [6, 6.07) is 1.89. The van der Waals surface area contributed by atoms with Crippen LogP contribution in [0.4, 0.5) is 5.82 Å². The normalized spacial score (nSPS) is 22.3. The molecule has 1 aromatic rings. The molecule has 114 valence electrons. The molecule has 2 aliphatic heterocycles. The van der Waals surface area contributed by atoms with E-state index < -0.39 is 0 Å². The molecule has 3 heterocycles. The van der Waals surface area contributed by atoms with Crippen LogP contribution in [-0.4, -0.2) is 54.9 Å². The van der Waals surface area contributed by atoms with Crippen LogP contribution in [0.5, 0.6) is 0 Å². The van der Waals surface area contributed by atoms with Crippen molar-refractivity contribution < 1.29 is 14.3 Å². The van der Waals surface area contributed by atoms with Crippen LogP contribution in [0.2, 0.25) is 0 Å². The van der Waals surface area contributed by atoms with Gasteiger partial charge in [0, 0.05) is 25.9 Å². The molecule has 3 rings (SSSR count). The predicted molar refractivity (Wildman–Crippen MR) is 75.9 cm³/mol. The summed E-state index contributed by atoms with van der Waals surface area (Å²) >= 11 is 0. The number of ether oxygens (including phenoxy) is 2. The largest absolute Gasteiger partial charge is 0.378 e. The van der Waals surface area contributed by atoms with E-state index in [1.54, 1.807) is 6.20 Å². The molecule has 0 aromatic carbocycles. The number of nitrogens with one attached hydrogen (secondary N) is 1. The monoisotopic (exact) mass is 292 g/mol. The molecular weight excluding hydrogens is 272 g/mol. The maximum absolute atomic E-state index is 11.9. The maximum Gasteiger partial charge on any atom is 0.249 e. The van der Waals surface area contributed by atoms with Crippen LogP contribution in [0.1, 0.15) is 18.7 Å². The average molecular weight is 292 g/mol. The Bertz CT molecular complexity index is 485. The lowest BCUT2D eigenvalue weighted by Gasteiger charge is -2.27. The zero-order valence-electron chi connectivity index (χ0n) is 12.0. The number of hydrogen-bond donors (Lipinski definition) is 1. The molecule has 1 unspecified atom stereocenters. The Kier molecular flexibility index (Phi) is 4.62. The van der Waals surface area contributed by atoms with Gasteiger partial charge in [-0.3, -0.25) is 4.79 Å². The number of hydrogen-bond acceptors (Lipinski definition) is 6. The number of carbonyl (C=O) groups excluding carboxylic acids is 1. The van der Waals surface area contributed by atoms with Crippen molar-refractivity contribution in [2.24, 2.45) is 0 Å². The molecule has 1 amide bonds. The Morgan fingerprint density at radius 1 is 1.38 bits per heavy atom. The van der Waals surface area contributed by atoms with Gasteiger partial charge in [0.1, 0.15) is 17.7 Å². The van der Waals surface area contributed by atoms with E-state index in [2.05, 4.69) is 20.2 Å².